The Morgan fingerprint density at radius 3 is 3.00 bits per heavy atom. The number of fused-ring (bicyclic) bond motifs is 1. The van der Waals surface area contributed by atoms with E-state index in [0.717, 1.165) is 0 Å². The minimum atomic E-state index is -1.11. The van der Waals surface area contributed by atoms with Crippen LogP contribution in [0.15, 0.2) is 11.1 Å². The number of aliphatic hydroxyl groups excluding tert-OH is 2. The van der Waals surface area contributed by atoms with Crippen molar-refractivity contribution < 1.29 is 10.2 Å². The topological polar surface area (TPSA) is 153 Å². The van der Waals surface area contributed by atoms with Crippen LogP contribution in [-0.2, 0) is 5.66 Å². The summed E-state index contributed by atoms with van der Waals surface area (Å²) in [7, 11) is 0. The fourth-order valence-corrected chi connectivity index (χ4v) is 2.45. The predicted octanol–water partition coefficient (Wildman–Crippen LogP) is -2.53. The highest BCUT2D eigenvalue weighted by Gasteiger charge is 2.44. The number of aliphatic hydroxyl groups is 2. The number of H-pyrrole nitrogens is 2. The Kier molecular flexibility index (Phi) is 2.64. The number of aromatic nitrogens is 4. The molecule has 3 atom stereocenters. The van der Waals surface area contributed by atoms with Gasteiger partial charge >= 0.3 is 0 Å². The lowest BCUT2D eigenvalue weighted by Gasteiger charge is -2.23. The van der Waals surface area contributed by atoms with Crippen molar-refractivity contribution in [1.29, 1.82) is 0 Å². The molecule has 0 amide bonds. The van der Waals surface area contributed by atoms with Gasteiger partial charge in [0.15, 0.2) is 5.52 Å². The quantitative estimate of drug-likeness (QED) is 0.350. The third kappa shape index (κ3) is 1.75. The molecule has 0 radical (unpaired) electrons. The third-order valence-corrected chi connectivity index (χ3v) is 3.43. The normalized spacial score (nSPS) is 31.1. The van der Waals surface area contributed by atoms with Gasteiger partial charge in [0, 0.05) is 6.42 Å². The molecule has 9 nitrogen and oxygen atoms in total. The van der Waals surface area contributed by atoms with E-state index in [0.29, 0.717) is 11.2 Å². The van der Waals surface area contributed by atoms with Crippen LogP contribution in [0.25, 0.3) is 11.0 Å². The van der Waals surface area contributed by atoms with E-state index in [-0.39, 0.29) is 24.1 Å². The van der Waals surface area contributed by atoms with Crippen molar-refractivity contribution in [2.75, 3.05) is 6.61 Å². The number of aromatic amines is 2. The summed E-state index contributed by atoms with van der Waals surface area (Å²) in [4.78, 5) is 18.0. The van der Waals surface area contributed by atoms with Crippen LogP contribution in [0.3, 0.4) is 0 Å². The monoisotopic (exact) mass is 266 g/mol. The summed E-state index contributed by atoms with van der Waals surface area (Å²) in [6, 6.07) is -0.523. The summed E-state index contributed by atoms with van der Waals surface area (Å²) in [6.45, 7) is -0.236. The molecule has 1 aliphatic heterocycles. The molecule has 0 aromatic carbocycles. The number of hydrogen-bond donors (Lipinski definition) is 6. The van der Waals surface area contributed by atoms with Crippen LogP contribution in [0.2, 0.25) is 0 Å². The van der Waals surface area contributed by atoms with Crippen LogP contribution >= 0.6 is 0 Å². The van der Waals surface area contributed by atoms with Gasteiger partial charge in [-0.1, -0.05) is 0 Å². The molecule has 0 bridgehead atoms. The molecule has 0 saturated carbocycles. The Morgan fingerprint density at radius 2 is 2.32 bits per heavy atom. The van der Waals surface area contributed by atoms with Crippen molar-refractivity contribution >= 4 is 11.0 Å². The van der Waals surface area contributed by atoms with E-state index in [1.165, 1.54) is 6.33 Å². The second kappa shape index (κ2) is 4.10. The Hall–Kier alpha value is -1.81. The average molecular weight is 266 g/mol. The van der Waals surface area contributed by atoms with Crippen LogP contribution in [0.4, 0.5) is 0 Å². The van der Waals surface area contributed by atoms with Crippen molar-refractivity contribution in [3.05, 3.63) is 22.4 Å². The highest BCUT2D eigenvalue weighted by molar-refractivity contribution is 5.76. The van der Waals surface area contributed by atoms with E-state index < -0.39 is 17.8 Å². The van der Waals surface area contributed by atoms with Gasteiger partial charge in [-0.25, -0.2) is 4.98 Å². The molecular weight excluding hydrogens is 252 g/mol. The molecule has 3 rings (SSSR count). The van der Waals surface area contributed by atoms with E-state index in [1.54, 1.807) is 0 Å². The largest absolute Gasteiger partial charge is 0.395 e. The minimum absolute atomic E-state index is 0.158. The number of nitrogens with two attached hydrogens (primary N) is 1. The zero-order valence-electron chi connectivity index (χ0n) is 9.92. The van der Waals surface area contributed by atoms with Crippen LogP contribution in [-0.4, -0.2) is 49.1 Å². The fourth-order valence-electron chi connectivity index (χ4n) is 2.45. The van der Waals surface area contributed by atoms with Crippen molar-refractivity contribution in [2.45, 2.75) is 24.2 Å². The van der Waals surface area contributed by atoms with Crippen molar-refractivity contribution in [3.63, 3.8) is 0 Å². The lowest BCUT2D eigenvalue weighted by Crippen LogP contribution is -2.49. The Labute approximate surface area is 106 Å². The molecule has 19 heavy (non-hydrogen) atoms. The van der Waals surface area contributed by atoms with Gasteiger partial charge in [-0.05, 0) is 0 Å². The zero-order valence-corrected chi connectivity index (χ0v) is 9.92. The summed E-state index contributed by atoms with van der Waals surface area (Å²) in [6.07, 6.45) is 0.668. The van der Waals surface area contributed by atoms with Gasteiger partial charge in [0.05, 0.1) is 30.8 Å². The average Bonchev–Trinajstić information content (AvgIpc) is 2.92. The Morgan fingerprint density at radius 1 is 1.53 bits per heavy atom. The summed E-state index contributed by atoms with van der Waals surface area (Å²) < 4.78 is 0. The van der Waals surface area contributed by atoms with Crippen LogP contribution in [0, 0.1) is 0 Å². The summed E-state index contributed by atoms with van der Waals surface area (Å²) in [5.74, 6) is 0. The molecule has 0 aliphatic carbocycles. The van der Waals surface area contributed by atoms with E-state index >= 15 is 0 Å². The lowest BCUT2D eigenvalue weighted by molar-refractivity contribution is 0.120. The van der Waals surface area contributed by atoms with E-state index in [1.807, 2.05) is 0 Å². The van der Waals surface area contributed by atoms with E-state index in [2.05, 4.69) is 25.5 Å². The maximum Gasteiger partial charge on any atom is 0.279 e. The molecule has 3 heterocycles. The number of hydrogen-bond acceptors (Lipinski definition) is 7. The Balaban J connectivity index is 2.10. The van der Waals surface area contributed by atoms with Crippen molar-refractivity contribution in [2.24, 2.45) is 5.73 Å². The van der Waals surface area contributed by atoms with Crippen molar-refractivity contribution in [3.8, 4) is 0 Å². The Bertz CT molecular complexity index is 667. The second-order valence-electron chi connectivity index (χ2n) is 4.70. The molecule has 9 heteroatoms. The first kappa shape index (κ1) is 12.2. The third-order valence-electron chi connectivity index (χ3n) is 3.43. The smallest absolute Gasteiger partial charge is 0.279 e. The predicted molar refractivity (Wildman–Crippen MR) is 65.0 cm³/mol. The zero-order chi connectivity index (χ0) is 13.6. The maximum atomic E-state index is 11.6. The van der Waals surface area contributed by atoms with E-state index in [9.17, 15) is 9.90 Å². The second-order valence-corrected chi connectivity index (χ2v) is 4.70. The first-order valence-electron chi connectivity index (χ1n) is 5.83. The summed E-state index contributed by atoms with van der Waals surface area (Å²) in [5, 5.41) is 28.5. The molecule has 1 fully saturated rings. The first-order valence-corrected chi connectivity index (χ1v) is 5.83. The standard InChI is InChI=1S/C10H14N6O3/c11-10(1-5(18)4(2-17)14-10)8-6-7(15-16-8)9(19)13-3-12-6/h3-5,14,17-18H,1-2,11H2,(H,15,16)(H,12,13,19)/t4-,5+,10-/m1/s1. The van der Waals surface area contributed by atoms with Crippen molar-refractivity contribution in [1.82, 2.24) is 25.5 Å². The lowest BCUT2D eigenvalue weighted by atomic mass is 10.0. The van der Waals surface area contributed by atoms with Gasteiger partial charge in [0.1, 0.15) is 11.2 Å². The minimum Gasteiger partial charge on any atom is -0.395 e. The van der Waals surface area contributed by atoms with Crippen LogP contribution < -0.4 is 16.6 Å². The molecule has 2 aromatic heterocycles. The van der Waals surface area contributed by atoms with Gasteiger partial charge in [0.25, 0.3) is 5.56 Å². The molecule has 2 aromatic rings. The molecule has 102 valence electrons. The number of nitrogens with zero attached hydrogens (tertiary/aromatic N) is 2. The molecule has 0 spiro atoms. The van der Waals surface area contributed by atoms with Gasteiger partial charge in [-0.15, -0.1) is 0 Å². The number of rotatable bonds is 2. The summed E-state index contributed by atoms with van der Waals surface area (Å²) in [5.41, 5.74) is 5.65. The first-order chi connectivity index (χ1) is 9.05. The summed E-state index contributed by atoms with van der Waals surface area (Å²) >= 11 is 0. The molecule has 1 aliphatic rings. The highest BCUT2D eigenvalue weighted by Crippen LogP contribution is 2.30. The van der Waals surface area contributed by atoms with E-state index in [4.69, 9.17) is 10.8 Å². The van der Waals surface area contributed by atoms with Gasteiger partial charge in [-0.3, -0.25) is 15.2 Å². The molecule has 0 unspecified atom stereocenters. The van der Waals surface area contributed by atoms with Gasteiger partial charge in [0.2, 0.25) is 0 Å². The SMILES string of the molecule is N[C@]1(c2[nH]nc3c(=O)[nH]cnc23)C[C@H](O)[C@@H](CO)N1. The molecule has 7 N–H and O–H groups in total. The van der Waals surface area contributed by atoms with Gasteiger partial charge < -0.3 is 20.9 Å². The van der Waals surface area contributed by atoms with Gasteiger partial charge in [-0.2, -0.15) is 5.10 Å². The maximum absolute atomic E-state index is 11.6. The van der Waals surface area contributed by atoms with Crippen LogP contribution in [0.1, 0.15) is 12.1 Å². The fraction of sp³-hybridized carbons (Fsp3) is 0.500. The number of nitrogens with one attached hydrogen (secondary N) is 3. The molecule has 1 saturated heterocycles. The molecular formula is C10H14N6O3. The highest BCUT2D eigenvalue weighted by atomic mass is 16.3. The van der Waals surface area contributed by atoms with Crippen LogP contribution in [0.5, 0.6) is 0 Å².